The highest BCUT2D eigenvalue weighted by molar-refractivity contribution is 7.97. The van der Waals surface area contributed by atoms with E-state index < -0.39 is 0 Å². The highest BCUT2D eigenvalue weighted by atomic mass is 32.2. The maximum absolute atomic E-state index is 11.6. The zero-order valence-corrected chi connectivity index (χ0v) is 18.4. The third-order valence-corrected chi connectivity index (χ3v) is 5.58. The van der Waals surface area contributed by atoms with E-state index in [0.717, 1.165) is 30.8 Å². The van der Waals surface area contributed by atoms with E-state index in [4.69, 9.17) is 9.47 Å². The standard InChI is InChI=1S/C26H28O3S/c1-28-26(27)23-14-11-20(12-15-23)9-6-10-24-17-22(19-30-2)13-16-25(24)29-18-21-7-4-3-5-8-21/h3-5,7-8,11-17H,6,9-10,18-19H2,1-2H3. The van der Waals surface area contributed by atoms with Crippen LogP contribution in [-0.2, 0) is 29.9 Å². The topological polar surface area (TPSA) is 35.5 Å². The van der Waals surface area contributed by atoms with Crippen molar-refractivity contribution in [3.63, 3.8) is 0 Å². The van der Waals surface area contributed by atoms with Crippen LogP contribution in [0, 0.1) is 0 Å². The Morgan fingerprint density at radius 3 is 2.30 bits per heavy atom. The van der Waals surface area contributed by atoms with Crippen LogP contribution in [0.5, 0.6) is 5.75 Å². The molecular weight excluding hydrogens is 392 g/mol. The molecule has 30 heavy (non-hydrogen) atoms. The third-order valence-electron chi connectivity index (χ3n) is 4.96. The molecule has 3 aromatic carbocycles. The Bertz CT molecular complexity index is 936. The largest absolute Gasteiger partial charge is 0.489 e. The summed E-state index contributed by atoms with van der Waals surface area (Å²) in [6, 6.07) is 24.5. The number of ether oxygens (including phenoxy) is 2. The second-order valence-corrected chi connectivity index (χ2v) is 8.06. The van der Waals surface area contributed by atoms with E-state index in [-0.39, 0.29) is 5.97 Å². The molecule has 3 nitrogen and oxygen atoms in total. The predicted molar refractivity (Wildman–Crippen MR) is 124 cm³/mol. The summed E-state index contributed by atoms with van der Waals surface area (Å²) in [6.45, 7) is 0.574. The molecule has 156 valence electrons. The van der Waals surface area contributed by atoms with Gasteiger partial charge in [-0.1, -0.05) is 54.6 Å². The molecule has 0 atom stereocenters. The zero-order chi connectivity index (χ0) is 21.2. The van der Waals surface area contributed by atoms with Gasteiger partial charge < -0.3 is 9.47 Å². The van der Waals surface area contributed by atoms with E-state index >= 15 is 0 Å². The quantitative estimate of drug-likeness (QED) is 0.372. The molecule has 0 radical (unpaired) electrons. The normalized spacial score (nSPS) is 10.6. The Balaban J connectivity index is 1.63. The molecule has 3 aromatic rings. The molecule has 0 aliphatic rings. The predicted octanol–water partition coefficient (Wildman–Crippen LogP) is 6.09. The molecule has 0 saturated heterocycles. The van der Waals surface area contributed by atoms with Gasteiger partial charge in [-0.15, -0.1) is 0 Å². The van der Waals surface area contributed by atoms with Crippen LogP contribution in [0.2, 0.25) is 0 Å². The Hall–Kier alpha value is -2.72. The van der Waals surface area contributed by atoms with Crippen molar-refractivity contribution in [2.75, 3.05) is 13.4 Å². The fourth-order valence-electron chi connectivity index (χ4n) is 3.37. The number of thioether (sulfide) groups is 1. The monoisotopic (exact) mass is 420 g/mol. The molecule has 0 fully saturated rings. The molecule has 0 amide bonds. The average molecular weight is 421 g/mol. The van der Waals surface area contributed by atoms with Gasteiger partial charge in [0.15, 0.2) is 0 Å². The minimum atomic E-state index is -0.299. The molecule has 0 saturated carbocycles. The van der Waals surface area contributed by atoms with E-state index in [9.17, 15) is 4.79 Å². The summed E-state index contributed by atoms with van der Waals surface area (Å²) in [4.78, 5) is 11.6. The van der Waals surface area contributed by atoms with Crippen molar-refractivity contribution in [3.8, 4) is 5.75 Å². The van der Waals surface area contributed by atoms with Crippen LogP contribution in [0.3, 0.4) is 0 Å². The maximum Gasteiger partial charge on any atom is 0.337 e. The van der Waals surface area contributed by atoms with Crippen LogP contribution in [-0.4, -0.2) is 19.3 Å². The summed E-state index contributed by atoms with van der Waals surface area (Å²) in [6.07, 6.45) is 5.04. The Morgan fingerprint density at radius 2 is 1.60 bits per heavy atom. The fraction of sp³-hybridized carbons (Fsp3) is 0.269. The molecule has 0 aromatic heterocycles. The molecule has 4 heteroatoms. The first-order chi connectivity index (χ1) is 14.7. The lowest BCUT2D eigenvalue weighted by Gasteiger charge is -2.14. The highest BCUT2D eigenvalue weighted by Gasteiger charge is 2.08. The minimum absolute atomic E-state index is 0.299. The number of rotatable bonds is 10. The molecule has 0 unspecified atom stereocenters. The molecule has 0 aliphatic carbocycles. The maximum atomic E-state index is 11.6. The second-order valence-electron chi connectivity index (χ2n) is 7.19. The molecule has 0 N–H and O–H groups in total. The van der Waals surface area contributed by atoms with Crippen molar-refractivity contribution in [1.29, 1.82) is 0 Å². The average Bonchev–Trinajstić information content (AvgIpc) is 2.79. The van der Waals surface area contributed by atoms with Crippen LogP contribution in [0.1, 0.15) is 39.0 Å². The van der Waals surface area contributed by atoms with E-state index in [1.165, 1.54) is 29.4 Å². The van der Waals surface area contributed by atoms with Gasteiger partial charge in [-0.25, -0.2) is 4.79 Å². The number of esters is 1. The van der Waals surface area contributed by atoms with Crippen molar-refractivity contribution in [1.82, 2.24) is 0 Å². The first-order valence-corrected chi connectivity index (χ1v) is 11.5. The number of carbonyl (C=O) groups excluding carboxylic acids is 1. The summed E-state index contributed by atoms with van der Waals surface area (Å²) in [5, 5.41) is 0. The van der Waals surface area contributed by atoms with Gasteiger partial charge in [0.05, 0.1) is 12.7 Å². The Morgan fingerprint density at radius 1 is 0.867 bits per heavy atom. The number of hydrogen-bond acceptors (Lipinski definition) is 4. The van der Waals surface area contributed by atoms with E-state index in [1.54, 1.807) is 0 Å². The van der Waals surface area contributed by atoms with Crippen LogP contribution in [0.4, 0.5) is 0 Å². The van der Waals surface area contributed by atoms with Crippen LogP contribution in [0.15, 0.2) is 72.8 Å². The Kier molecular flexibility index (Phi) is 8.40. The van der Waals surface area contributed by atoms with E-state index in [1.807, 2.05) is 54.2 Å². The van der Waals surface area contributed by atoms with Gasteiger partial charge in [0.2, 0.25) is 0 Å². The minimum Gasteiger partial charge on any atom is -0.489 e. The number of methoxy groups -OCH3 is 1. The van der Waals surface area contributed by atoms with Gasteiger partial charge in [0, 0.05) is 5.75 Å². The van der Waals surface area contributed by atoms with Crippen LogP contribution < -0.4 is 4.74 Å². The summed E-state index contributed by atoms with van der Waals surface area (Å²) in [7, 11) is 1.40. The second kappa shape index (κ2) is 11.5. The van der Waals surface area contributed by atoms with Crippen molar-refractivity contribution < 1.29 is 14.3 Å². The number of benzene rings is 3. The SMILES string of the molecule is COC(=O)c1ccc(CCCc2cc(CSC)ccc2OCc2ccccc2)cc1. The number of aryl methyl sites for hydroxylation is 2. The first kappa shape index (κ1) is 22.0. The number of hydrogen-bond donors (Lipinski definition) is 0. The van der Waals surface area contributed by atoms with Crippen molar-refractivity contribution in [2.45, 2.75) is 31.6 Å². The summed E-state index contributed by atoms with van der Waals surface area (Å²) < 4.78 is 10.9. The first-order valence-electron chi connectivity index (χ1n) is 10.1. The van der Waals surface area contributed by atoms with Gasteiger partial charge in [-0.05, 0) is 66.0 Å². The lowest BCUT2D eigenvalue weighted by molar-refractivity contribution is 0.0600. The van der Waals surface area contributed by atoms with Crippen molar-refractivity contribution >= 4 is 17.7 Å². The number of carbonyl (C=O) groups is 1. The summed E-state index contributed by atoms with van der Waals surface area (Å²) in [5.74, 6) is 1.66. The van der Waals surface area contributed by atoms with Gasteiger partial charge in [0.1, 0.15) is 12.4 Å². The molecule has 3 rings (SSSR count). The molecular formula is C26H28O3S. The van der Waals surface area contributed by atoms with E-state index in [2.05, 4.69) is 36.6 Å². The zero-order valence-electron chi connectivity index (χ0n) is 17.6. The smallest absolute Gasteiger partial charge is 0.337 e. The van der Waals surface area contributed by atoms with Gasteiger partial charge >= 0.3 is 5.97 Å². The summed E-state index contributed by atoms with van der Waals surface area (Å²) in [5.41, 5.74) is 5.55. The molecule has 0 heterocycles. The van der Waals surface area contributed by atoms with Gasteiger partial charge in [-0.3, -0.25) is 0 Å². The van der Waals surface area contributed by atoms with Crippen LogP contribution in [0.25, 0.3) is 0 Å². The lowest BCUT2D eigenvalue weighted by Crippen LogP contribution is -2.02. The highest BCUT2D eigenvalue weighted by Crippen LogP contribution is 2.25. The van der Waals surface area contributed by atoms with Crippen molar-refractivity contribution in [3.05, 3.63) is 101 Å². The molecule has 0 aliphatic heterocycles. The van der Waals surface area contributed by atoms with Crippen molar-refractivity contribution in [2.24, 2.45) is 0 Å². The molecule has 0 bridgehead atoms. The fourth-order valence-corrected chi connectivity index (χ4v) is 3.88. The van der Waals surface area contributed by atoms with Crippen LogP contribution >= 0.6 is 11.8 Å². The van der Waals surface area contributed by atoms with E-state index in [0.29, 0.717) is 12.2 Å². The third kappa shape index (κ3) is 6.39. The van der Waals surface area contributed by atoms with Gasteiger partial charge in [-0.2, -0.15) is 11.8 Å². The van der Waals surface area contributed by atoms with Gasteiger partial charge in [0.25, 0.3) is 0 Å². The Labute approximate surface area is 183 Å². The summed E-state index contributed by atoms with van der Waals surface area (Å²) >= 11 is 1.83. The molecule has 0 spiro atoms. The lowest BCUT2D eigenvalue weighted by atomic mass is 10.0.